The number of amides is 2. The van der Waals surface area contributed by atoms with E-state index in [1.54, 1.807) is 0 Å². The Balaban J connectivity index is 1.62. The first-order chi connectivity index (χ1) is 13.8. The van der Waals surface area contributed by atoms with Crippen LogP contribution in [0.25, 0.3) is 0 Å². The number of nitrogens with zero attached hydrogens (tertiary/aromatic N) is 4. The molecule has 9 nitrogen and oxygen atoms in total. The van der Waals surface area contributed by atoms with Crippen molar-refractivity contribution < 1.29 is 18.9 Å². The maximum atomic E-state index is 13.2. The van der Waals surface area contributed by atoms with Gasteiger partial charge < -0.3 is 9.80 Å². The summed E-state index contributed by atoms with van der Waals surface area (Å²) >= 11 is 5.93. The van der Waals surface area contributed by atoms with Gasteiger partial charge in [-0.3, -0.25) is 29.1 Å². The molecule has 29 heavy (non-hydrogen) atoms. The van der Waals surface area contributed by atoms with Gasteiger partial charge in [0.15, 0.2) is 0 Å². The quantitative estimate of drug-likeness (QED) is 0.548. The molecule has 1 aromatic heterocycles. The number of benzene rings is 1. The van der Waals surface area contributed by atoms with Gasteiger partial charge in [0, 0.05) is 38.3 Å². The third-order valence-corrected chi connectivity index (χ3v) is 4.88. The van der Waals surface area contributed by atoms with Gasteiger partial charge in [0.1, 0.15) is 12.4 Å². The van der Waals surface area contributed by atoms with Crippen LogP contribution in [0.2, 0.25) is 5.02 Å². The van der Waals surface area contributed by atoms with Crippen LogP contribution < -0.4 is 5.56 Å². The molecule has 0 radical (unpaired) electrons. The van der Waals surface area contributed by atoms with Crippen molar-refractivity contribution in [3.05, 3.63) is 73.4 Å². The molecule has 0 N–H and O–H groups in total. The van der Waals surface area contributed by atoms with Gasteiger partial charge >= 0.3 is 0 Å². The number of carbonyl (C=O) groups excluding carboxylic acids is 2. The molecule has 0 unspecified atom stereocenters. The molecule has 1 aromatic carbocycles. The second-order valence-corrected chi connectivity index (χ2v) is 6.81. The van der Waals surface area contributed by atoms with Crippen LogP contribution >= 0.6 is 11.6 Å². The molecule has 1 aliphatic rings. The first kappa shape index (κ1) is 20.5. The van der Waals surface area contributed by atoms with Crippen molar-refractivity contribution in [2.24, 2.45) is 0 Å². The molecule has 0 atom stereocenters. The number of carbonyl (C=O) groups is 2. The maximum Gasteiger partial charge on any atom is 0.285 e. The van der Waals surface area contributed by atoms with E-state index in [-0.39, 0.29) is 60.8 Å². The zero-order chi connectivity index (χ0) is 21.1. The van der Waals surface area contributed by atoms with Crippen LogP contribution in [0.5, 0.6) is 0 Å². The molecule has 0 spiro atoms. The van der Waals surface area contributed by atoms with Crippen LogP contribution in [-0.4, -0.2) is 57.3 Å². The van der Waals surface area contributed by atoms with Gasteiger partial charge in [-0.05, 0) is 18.2 Å². The predicted octanol–water partition coefficient (Wildman–Crippen LogP) is 1.53. The lowest BCUT2D eigenvalue weighted by Gasteiger charge is -2.35. The van der Waals surface area contributed by atoms with Crippen molar-refractivity contribution in [3.63, 3.8) is 0 Å². The van der Waals surface area contributed by atoms with Gasteiger partial charge in [-0.15, -0.1) is 0 Å². The molecule has 0 aliphatic carbocycles. The third kappa shape index (κ3) is 4.60. The van der Waals surface area contributed by atoms with Crippen LogP contribution in [0.4, 0.5) is 10.1 Å². The summed E-state index contributed by atoms with van der Waals surface area (Å²) in [6.45, 7) is 0.600. The minimum absolute atomic E-state index is 0.0125. The van der Waals surface area contributed by atoms with Crippen LogP contribution in [-0.2, 0) is 11.3 Å². The zero-order valence-corrected chi connectivity index (χ0v) is 15.8. The Morgan fingerprint density at radius 1 is 1.10 bits per heavy atom. The Labute approximate surface area is 169 Å². The molecule has 1 saturated heterocycles. The smallest absolute Gasteiger partial charge is 0.285 e. The summed E-state index contributed by atoms with van der Waals surface area (Å²) in [5, 5.41) is 10.9. The van der Waals surface area contributed by atoms with E-state index >= 15 is 0 Å². The molecule has 11 heteroatoms. The van der Waals surface area contributed by atoms with E-state index in [1.807, 2.05) is 0 Å². The van der Waals surface area contributed by atoms with Crippen molar-refractivity contribution in [1.29, 1.82) is 0 Å². The third-order valence-electron chi connectivity index (χ3n) is 4.57. The van der Waals surface area contributed by atoms with Gasteiger partial charge in [-0.2, -0.15) is 0 Å². The largest absolute Gasteiger partial charge is 0.338 e. The van der Waals surface area contributed by atoms with Gasteiger partial charge in [0.05, 0.1) is 21.7 Å². The van der Waals surface area contributed by atoms with E-state index in [4.69, 9.17) is 11.6 Å². The highest BCUT2D eigenvalue weighted by Gasteiger charge is 2.26. The number of hydrogen-bond donors (Lipinski definition) is 0. The highest BCUT2D eigenvalue weighted by atomic mass is 35.5. The first-order valence-electron chi connectivity index (χ1n) is 8.63. The number of halogens is 2. The Kier molecular flexibility index (Phi) is 5.92. The van der Waals surface area contributed by atoms with E-state index < -0.39 is 16.3 Å². The Bertz CT molecular complexity index is 1030. The van der Waals surface area contributed by atoms with Gasteiger partial charge in [-0.25, -0.2) is 4.39 Å². The van der Waals surface area contributed by atoms with Crippen molar-refractivity contribution in [2.75, 3.05) is 26.2 Å². The predicted molar refractivity (Wildman–Crippen MR) is 101 cm³/mol. The van der Waals surface area contributed by atoms with Crippen LogP contribution in [0.3, 0.4) is 0 Å². The second kappa shape index (κ2) is 8.39. The fraction of sp³-hybridized carbons (Fsp3) is 0.278. The number of aromatic nitrogens is 1. The standard InChI is InChI=1S/C18H16ClFN4O5/c19-15-9-12(20)1-3-14(15)18(27)22-7-5-21(6-8-22)17(26)11-23-10-13(24(28)29)2-4-16(23)25/h1-4,9-10H,5-8,11H2. The minimum atomic E-state index is -0.647. The lowest BCUT2D eigenvalue weighted by Crippen LogP contribution is -2.51. The highest BCUT2D eigenvalue weighted by Crippen LogP contribution is 2.20. The first-order valence-corrected chi connectivity index (χ1v) is 9.01. The van der Waals surface area contributed by atoms with Gasteiger partial charge in [-0.1, -0.05) is 11.6 Å². The van der Waals surface area contributed by atoms with E-state index in [1.165, 1.54) is 15.9 Å². The molecular weight excluding hydrogens is 407 g/mol. The average molecular weight is 423 g/mol. The average Bonchev–Trinajstić information content (AvgIpc) is 2.69. The normalized spacial score (nSPS) is 14.0. The van der Waals surface area contributed by atoms with Crippen LogP contribution in [0, 0.1) is 15.9 Å². The number of pyridine rings is 1. The molecule has 2 heterocycles. The second-order valence-electron chi connectivity index (χ2n) is 6.41. The lowest BCUT2D eigenvalue weighted by molar-refractivity contribution is -0.385. The molecule has 2 aromatic rings. The van der Waals surface area contributed by atoms with Crippen LogP contribution in [0.1, 0.15) is 10.4 Å². The molecule has 0 saturated carbocycles. The maximum absolute atomic E-state index is 13.2. The van der Waals surface area contributed by atoms with Crippen molar-refractivity contribution in [3.8, 4) is 0 Å². The zero-order valence-electron chi connectivity index (χ0n) is 15.1. The number of rotatable bonds is 4. The summed E-state index contributed by atoms with van der Waals surface area (Å²) in [6, 6.07) is 5.63. The van der Waals surface area contributed by atoms with Crippen molar-refractivity contribution in [1.82, 2.24) is 14.4 Å². The van der Waals surface area contributed by atoms with Gasteiger partial charge in [0.25, 0.3) is 17.2 Å². The van der Waals surface area contributed by atoms with E-state index in [9.17, 15) is 28.9 Å². The number of piperazine rings is 1. The summed E-state index contributed by atoms with van der Waals surface area (Å²) in [5.74, 6) is -1.30. The topological polar surface area (TPSA) is 106 Å². The summed E-state index contributed by atoms with van der Waals surface area (Å²) in [5.41, 5.74) is -0.635. The fourth-order valence-corrected chi connectivity index (χ4v) is 3.24. The molecule has 3 rings (SSSR count). The molecule has 152 valence electrons. The molecule has 1 fully saturated rings. The summed E-state index contributed by atoms with van der Waals surface area (Å²) in [4.78, 5) is 50.0. The minimum Gasteiger partial charge on any atom is -0.338 e. The van der Waals surface area contributed by atoms with E-state index in [0.717, 1.165) is 35.0 Å². The van der Waals surface area contributed by atoms with Gasteiger partial charge in [0.2, 0.25) is 5.91 Å². The molecule has 1 aliphatic heterocycles. The summed E-state index contributed by atoms with van der Waals surface area (Å²) in [7, 11) is 0. The van der Waals surface area contributed by atoms with E-state index in [0.29, 0.717) is 0 Å². The number of hydrogen-bond acceptors (Lipinski definition) is 5. The summed E-state index contributed by atoms with van der Waals surface area (Å²) in [6.07, 6.45) is 1.02. The molecule has 2 amide bonds. The highest BCUT2D eigenvalue weighted by molar-refractivity contribution is 6.33. The van der Waals surface area contributed by atoms with E-state index in [2.05, 4.69) is 0 Å². The Hall–Kier alpha value is -3.27. The van der Waals surface area contributed by atoms with Crippen LogP contribution in [0.15, 0.2) is 41.3 Å². The van der Waals surface area contributed by atoms with Crippen molar-refractivity contribution in [2.45, 2.75) is 6.54 Å². The monoisotopic (exact) mass is 422 g/mol. The fourth-order valence-electron chi connectivity index (χ4n) is 2.99. The lowest BCUT2D eigenvalue weighted by atomic mass is 10.1. The Morgan fingerprint density at radius 2 is 1.76 bits per heavy atom. The summed E-state index contributed by atoms with van der Waals surface area (Å²) < 4.78 is 14.1. The number of nitro groups is 1. The molecule has 0 bridgehead atoms. The molecular formula is C18H16ClFN4O5. The Morgan fingerprint density at radius 3 is 2.38 bits per heavy atom. The SMILES string of the molecule is O=C(Cn1cc([N+](=O)[O-])ccc1=O)N1CCN(C(=O)c2ccc(F)cc2Cl)CC1. The van der Waals surface area contributed by atoms with Crippen molar-refractivity contribution >= 4 is 29.1 Å².